The third-order valence-electron chi connectivity index (χ3n) is 2.57. The molecule has 1 heterocycles. The van der Waals surface area contributed by atoms with Gasteiger partial charge in [-0.3, -0.25) is 14.6 Å². The molecule has 2 amide bonds. The van der Waals surface area contributed by atoms with Crippen LogP contribution in [0.15, 0.2) is 24.5 Å². The summed E-state index contributed by atoms with van der Waals surface area (Å²) in [7, 11) is 3.36. The van der Waals surface area contributed by atoms with Crippen LogP contribution in [0.5, 0.6) is 0 Å². The third-order valence-corrected chi connectivity index (χ3v) is 2.57. The van der Waals surface area contributed by atoms with E-state index in [4.69, 9.17) is 4.79 Å². The molecule has 112 valence electrons. The molecule has 0 aliphatic rings. The highest BCUT2D eigenvalue weighted by Crippen LogP contribution is 2.01. The van der Waals surface area contributed by atoms with Gasteiger partial charge in [-0.15, -0.1) is 0 Å². The summed E-state index contributed by atoms with van der Waals surface area (Å²) in [5, 5.41) is 8.15. The lowest BCUT2D eigenvalue weighted by Crippen LogP contribution is -2.45. The predicted octanol–water partition coefficient (Wildman–Crippen LogP) is 0.304. The molecule has 0 saturated heterocycles. The van der Waals surface area contributed by atoms with Gasteiger partial charge in [-0.2, -0.15) is 0 Å². The second-order valence-electron chi connectivity index (χ2n) is 4.50. The molecule has 0 bridgehead atoms. The van der Waals surface area contributed by atoms with Crippen LogP contribution in [0.1, 0.15) is 19.4 Å². The lowest BCUT2D eigenvalue weighted by Gasteiger charge is -2.19. The highest BCUT2D eigenvalue weighted by Gasteiger charge is 2.19. The highest BCUT2D eigenvalue weighted by atomic mass is 16.2. The standard InChI is InChI=1S/C12H19N3O.C2H5NO/c1-9(2)11(13-3)12(16)15-8-10-5-4-6-14-7-10;1-3-2-4/h4-7,9,11,13H,8H2,1-3H3,(H,15,16);2H,1H3,(H,3,4). The van der Waals surface area contributed by atoms with E-state index < -0.39 is 0 Å². The average Bonchev–Trinajstić information content (AvgIpc) is 2.47. The molecule has 20 heavy (non-hydrogen) atoms. The van der Waals surface area contributed by atoms with Gasteiger partial charge in [0.1, 0.15) is 0 Å². The van der Waals surface area contributed by atoms with E-state index in [2.05, 4.69) is 20.9 Å². The number of pyridine rings is 1. The summed E-state index contributed by atoms with van der Waals surface area (Å²) >= 11 is 0. The van der Waals surface area contributed by atoms with Crippen LogP contribution in [0, 0.1) is 5.92 Å². The van der Waals surface area contributed by atoms with Crippen molar-refractivity contribution in [3.63, 3.8) is 0 Å². The van der Waals surface area contributed by atoms with Crippen molar-refractivity contribution >= 4 is 12.3 Å². The highest BCUT2D eigenvalue weighted by molar-refractivity contribution is 5.81. The smallest absolute Gasteiger partial charge is 0.237 e. The van der Waals surface area contributed by atoms with Gasteiger partial charge in [0.05, 0.1) is 6.04 Å². The van der Waals surface area contributed by atoms with E-state index in [0.717, 1.165) is 5.56 Å². The first-order valence-corrected chi connectivity index (χ1v) is 6.51. The molecule has 1 aromatic rings. The molecule has 0 saturated carbocycles. The summed E-state index contributed by atoms with van der Waals surface area (Å²) in [5.41, 5.74) is 1.01. The van der Waals surface area contributed by atoms with E-state index in [1.807, 2.05) is 26.0 Å². The molecular formula is C14H24N4O2. The largest absolute Gasteiger partial charge is 0.362 e. The minimum absolute atomic E-state index is 0.0290. The molecule has 0 fully saturated rings. The minimum Gasteiger partial charge on any atom is -0.362 e. The van der Waals surface area contributed by atoms with Gasteiger partial charge in [0.2, 0.25) is 12.3 Å². The van der Waals surface area contributed by atoms with Crippen molar-refractivity contribution in [2.45, 2.75) is 26.4 Å². The number of aromatic nitrogens is 1. The average molecular weight is 280 g/mol. The Kier molecular flexibility index (Phi) is 9.86. The van der Waals surface area contributed by atoms with Gasteiger partial charge in [-0.25, -0.2) is 0 Å². The van der Waals surface area contributed by atoms with Crippen molar-refractivity contribution < 1.29 is 9.59 Å². The monoisotopic (exact) mass is 280 g/mol. The second kappa shape index (κ2) is 10.9. The Hall–Kier alpha value is -1.95. The molecule has 3 N–H and O–H groups in total. The van der Waals surface area contributed by atoms with Crippen molar-refractivity contribution in [3.8, 4) is 0 Å². The third kappa shape index (κ3) is 7.48. The maximum absolute atomic E-state index is 11.8. The molecule has 1 rings (SSSR count). The van der Waals surface area contributed by atoms with Gasteiger partial charge in [-0.05, 0) is 24.6 Å². The number of hydrogen-bond donors (Lipinski definition) is 3. The SMILES string of the molecule is CNC(C(=O)NCc1cccnc1)C(C)C.CNC=O. The molecule has 6 heteroatoms. The normalized spacial score (nSPS) is 11.1. The van der Waals surface area contributed by atoms with E-state index in [9.17, 15) is 4.79 Å². The number of carbonyl (C=O) groups is 2. The predicted molar refractivity (Wildman–Crippen MR) is 78.9 cm³/mol. The van der Waals surface area contributed by atoms with Crippen molar-refractivity contribution in [3.05, 3.63) is 30.1 Å². The van der Waals surface area contributed by atoms with Crippen molar-refractivity contribution in [2.75, 3.05) is 14.1 Å². The summed E-state index contributed by atoms with van der Waals surface area (Å²) in [6, 6.07) is 3.66. The molecule has 1 unspecified atom stereocenters. The maximum atomic E-state index is 11.8. The number of hydrogen-bond acceptors (Lipinski definition) is 4. The van der Waals surface area contributed by atoms with Gasteiger partial charge in [0.25, 0.3) is 0 Å². The van der Waals surface area contributed by atoms with E-state index >= 15 is 0 Å². The zero-order chi connectivity index (χ0) is 15.4. The Labute approximate surface area is 120 Å². The molecule has 0 spiro atoms. The topological polar surface area (TPSA) is 83.1 Å². The first-order valence-electron chi connectivity index (χ1n) is 6.51. The summed E-state index contributed by atoms with van der Waals surface area (Å²) in [5.74, 6) is 0.306. The Balaban J connectivity index is 0.000000796. The van der Waals surface area contributed by atoms with Crippen LogP contribution in [-0.2, 0) is 16.1 Å². The van der Waals surface area contributed by atoms with Crippen LogP contribution in [-0.4, -0.2) is 37.4 Å². The van der Waals surface area contributed by atoms with E-state index in [1.54, 1.807) is 26.5 Å². The fourth-order valence-corrected chi connectivity index (χ4v) is 1.57. The number of amides is 2. The van der Waals surface area contributed by atoms with Crippen LogP contribution < -0.4 is 16.0 Å². The quantitative estimate of drug-likeness (QED) is 0.655. The van der Waals surface area contributed by atoms with E-state index in [0.29, 0.717) is 13.0 Å². The Bertz CT molecular complexity index is 382. The number of rotatable bonds is 6. The second-order valence-corrected chi connectivity index (χ2v) is 4.50. The molecule has 0 aliphatic carbocycles. The zero-order valence-electron chi connectivity index (χ0n) is 12.5. The Morgan fingerprint density at radius 1 is 1.40 bits per heavy atom. The van der Waals surface area contributed by atoms with E-state index in [-0.39, 0.29) is 17.9 Å². The van der Waals surface area contributed by atoms with Gasteiger partial charge >= 0.3 is 0 Å². The zero-order valence-corrected chi connectivity index (χ0v) is 12.5. The molecule has 0 aliphatic heterocycles. The van der Waals surface area contributed by atoms with Gasteiger partial charge < -0.3 is 16.0 Å². The number of nitrogens with zero attached hydrogens (tertiary/aromatic N) is 1. The molecule has 6 nitrogen and oxygen atoms in total. The van der Waals surface area contributed by atoms with Crippen molar-refractivity contribution in [1.82, 2.24) is 20.9 Å². The number of nitrogens with one attached hydrogen (secondary N) is 3. The maximum Gasteiger partial charge on any atom is 0.237 e. The fraction of sp³-hybridized carbons (Fsp3) is 0.500. The first-order chi connectivity index (χ1) is 9.56. The van der Waals surface area contributed by atoms with Crippen LogP contribution >= 0.6 is 0 Å². The molecule has 0 aromatic carbocycles. The summed E-state index contributed by atoms with van der Waals surface area (Å²) in [6.45, 7) is 4.56. The summed E-state index contributed by atoms with van der Waals surface area (Å²) in [6.07, 6.45) is 4.10. The van der Waals surface area contributed by atoms with Gasteiger partial charge in [0.15, 0.2) is 0 Å². The molecule has 1 aromatic heterocycles. The van der Waals surface area contributed by atoms with Crippen molar-refractivity contribution in [2.24, 2.45) is 5.92 Å². The van der Waals surface area contributed by atoms with Gasteiger partial charge in [-0.1, -0.05) is 19.9 Å². The number of carbonyl (C=O) groups excluding carboxylic acids is 2. The minimum atomic E-state index is -0.142. The fourth-order valence-electron chi connectivity index (χ4n) is 1.57. The number of likely N-dealkylation sites (N-methyl/N-ethyl adjacent to an activating group) is 1. The molecule has 0 radical (unpaired) electrons. The van der Waals surface area contributed by atoms with Crippen LogP contribution in [0.4, 0.5) is 0 Å². The van der Waals surface area contributed by atoms with Crippen LogP contribution in [0.3, 0.4) is 0 Å². The first kappa shape index (κ1) is 18.0. The van der Waals surface area contributed by atoms with E-state index in [1.165, 1.54) is 0 Å². The van der Waals surface area contributed by atoms with Crippen molar-refractivity contribution in [1.29, 1.82) is 0 Å². The summed E-state index contributed by atoms with van der Waals surface area (Å²) < 4.78 is 0. The van der Waals surface area contributed by atoms with Crippen LogP contribution in [0.25, 0.3) is 0 Å². The van der Waals surface area contributed by atoms with Crippen LogP contribution in [0.2, 0.25) is 0 Å². The molecule has 1 atom stereocenters. The summed E-state index contributed by atoms with van der Waals surface area (Å²) in [4.78, 5) is 24.9. The Morgan fingerprint density at radius 3 is 2.45 bits per heavy atom. The Morgan fingerprint density at radius 2 is 2.05 bits per heavy atom. The lowest BCUT2D eigenvalue weighted by molar-refractivity contribution is -0.124. The van der Waals surface area contributed by atoms with Gasteiger partial charge in [0, 0.05) is 26.0 Å². The lowest BCUT2D eigenvalue weighted by atomic mass is 10.0. The molecular weight excluding hydrogens is 256 g/mol.